The summed E-state index contributed by atoms with van der Waals surface area (Å²) in [5.74, 6) is 0.270. The Labute approximate surface area is 114 Å². The van der Waals surface area contributed by atoms with Gasteiger partial charge in [0.25, 0.3) is 0 Å². The molecule has 0 radical (unpaired) electrons. The summed E-state index contributed by atoms with van der Waals surface area (Å²) < 4.78 is 0. The van der Waals surface area contributed by atoms with Gasteiger partial charge in [-0.3, -0.25) is 4.79 Å². The van der Waals surface area contributed by atoms with E-state index >= 15 is 0 Å². The second-order valence-electron chi connectivity index (χ2n) is 5.91. The molecule has 3 amide bonds. The Kier molecular flexibility index (Phi) is 3.62. The van der Waals surface area contributed by atoms with Crippen molar-refractivity contribution >= 4 is 11.9 Å². The molecule has 0 saturated carbocycles. The van der Waals surface area contributed by atoms with Crippen molar-refractivity contribution in [2.75, 3.05) is 32.7 Å². The van der Waals surface area contributed by atoms with Gasteiger partial charge in [-0.2, -0.15) is 0 Å². The molecule has 3 aliphatic heterocycles. The summed E-state index contributed by atoms with van der Waals surface area (Å²) >= 11 is 0. The van der Waals surface area contributed by atoms with Crippen LogP contribution in [0.3, 0.4) is 0 Å². The van der Waals surface area contributed by atoms with E-state index in [4.69, 9.17) is 0 Å². The monoisotopic (exact) mass is 265 g/mol. The fraction of sp³-hybridized carbons (Fsp3) is 0.857. The van der Waals surface area contributed by atoms with Crippen LogP contribution in [0, 0.1) is 0 Å². The van der Waals surface area contributed by atoms with E-state index in [9.17, 15) is 9.59 Å². The van der Waals surface area contributed by atoms with Crippen molar-refractivity contribution in [1.29, 1.82) is 0 Å². The molecule has 5 heteroatoms. The number of nitrogens with zero attached hydrogens (tertiary/aromatic N) is 3. The maximum absolute atomic E-state index is 12.5. The largest absolute Gasteiger partial charge is 0.336 e. The lowest BCUT2D eigenvalue weighted by Crippen LogP contribution is -2.56. The first-order chi connectivity index (χ1) is 9.25. The van der Waals surface area contributed by atoms with Crippen molar-refractivity contribution in [1.82, 2.24) is 14.7 Å². The van der Waals surface area contributed by atoms with Crippen LogP contribution < -0.4 is 0 Å². The number of likely N-dealkylation sites (tertiary alicyclic amines) is 1. The zero-order valence-electron chi connectivity index (χ0n) is 11.5. The fourth-order valence-corrected chi connectivity index (χ4v) is 3.50. The Balaban J connectivity index is 1.60. The lowest BCUT2D eigenvalue weighted by molar-refractivity contribution is -0.130. The molecular formula is C14H23N3O2. The summed E-state index contributed by atoms with van der Waals surface area (Å²) in [6.45, 7) is 3.98. The number of piperazine rings is 1. The van der Waals surface area contributed by atoms with Crippen molar-refractivity contribution in [3.8, 4) is 0 Å². The van der Waals surface area contributed by atoms with Crippen LogP contribution in [0.1, 0.15) is 38.5 Å². The van der Waals surface area contributed by atoms with Crippen molar-refractivity contribution in [3.63, 3.8) is 0 Å². The Morgan fingerprint density at radius 2 is 1.68 bits per heavy atom. The van der Waals surface area contributed by atoms with Crippen molar-refractivity contribution in [2.45, 2.75) is 44.6 Å². The van der Waals surface area contributed by atoms with E-state index < -0.39 is 0 Å². The highest BCUT2D eigenvalue weighted by Gasteiger charge is 2.37. The summed E-state index contributed by atoms with van der Waals surface area (Å²) in [6, 6.07) is 0.470. The van der Waals surface area contributed by atoms with Crippen molar-refractivity contribution in [3.05, 3.63) is 0 Å². The minimum absolute atomic E-state index is 0.195. The van der Waals surface area contributed by atoms with E-state index in [1.165, 1.54) is 12.8 Å². The van der Waals surface area contributed by atoms with Gasteiger partial charge in [0.15, 0.2) is 0 Å². The first-order valence-corrected chi connectivity index (χ1v) is 7.59. The van der Waals surface area contributed by atoms with Crippen molar-refractivity contribution in [2.24, 2.45) is 0 Å². The number of amides is 3. The average Bonchev–Trinajstić information content (AvgIpc) is 2.67. The molecule has 106 valence electrons. The summed E-state index contributed by atoms with van der Waals surface area (Å²) in [4.78, 5) is 30.1. The molecule has 3 heterocycles. The predicted octanol–water partition coefficient (Wildman–Crippen LogP) is 1.29. The number of carbonyl (C=O) groups is 2. The highest BCUT2D eigenvalue weighted by Crippen LogP contribution is 2.23. The molecule has 0 aromatic heterocycles. The van der Waals surface area contributed by atoms with Gasteiger partial charge in [-0.15, -0.1) is 0 Å². The molecule has 1 unspecified atom stereocenters. The SMILES string of the molecule is O=C(N1CCCCCC1)N1CCN2C(=O)CCC2C1. The van der Waals surface area contributed by atoms with Crippen LogP contribution in [0.5, 0.6) is 0 Å². The third kappa shape index (κ3) is 2.55. The maximum atomic E-state index is 12.5. The van der Waals surface area contributed by atoms with Crippen LogP contribution >= 0.6 is 0 Å². The second-order valence-corrected chi connectivity index (χ2v) is 5.91. The van der Waals surface area contributed by atoms with Gasteiger partial charge in [-0.25, -0.2) is 4.79 Å². The normalized spacial score (nSPS) is 28.3. The Bertz CT molecular complexity index is 364. The number of rotatable bonds is 0. The van der Waals surface area contributed by atoms with E-state index in [1.807, 2.05) is 14.7 Å². The van der Waals surface area contributed by atoms with Crippen LogP contribution in [0.25, 0.3) is 0 Å². The van der Waals surface area contributed by atoms with Crippen molar-refractivity contribution < 1.29 is 9.59 Å². The number of hydrogen-bond acceptors (Lipinski definition) is 2. The molecule has 3 aliphatic rings. The van der Waals surface area contributed by atoms with Crippen LogP contribution in [0.4, 0.5) is 4.79 Å². The quantitative estimate of drug-likeness (QED) is 0.662. The summed E-state index contributed by atoms with van der Waals surface area (Å²) in [7, 11) is 0. The second kappa shape index (κ2) is 5.39. The highest BCUT2D eigenvalue weighted by atomic mass is 16.2. The lowest BCUT2D eigenvalue weighted by Gasteiger charge is -2.39. The minimum atomic E-state index is 0.195. The van der Waals surface area contributed by atoms with Gasteiger partial charge in [-0.05, 0) is 19.3 Å². The van der Waals surface area contributed by atoms with E-state index in [0.717, 1.165) is 45.4 Å². The summed E-state index contributed by atoms with van der Waals surface area (Å²) in [5.41, 5.74) is 0. The van der Waals surface area contributed by atoms with E-state index in [-0.39, 0.29) is 18.0 Å². The van der Waals surface area contributed by atoms with E-state index in [2.05, 4.69) is 0 Å². The zero-order valence-corrected chi connectivity index (χ0v) is 11.5. The average molecular weight is 265 g/mol. The minimum Gasteiger partial charge on any atom is -0.336 e. The number of carbonyl (C=O) groups excluding carboxylic acids is 2. The van der Waals surface area contributed by atoms with Gasteiger partial charge in [-0.1, -0.05) is 12.8 Å². The van der Waals surface area contributed by atoms with Crippen LogP contribution in [0.15, 0.2) is 0 Å². The standard InChI is InChI=1S/C14H23N3O2/c18-13-6-5-12-11-16(9-10-17(12)13)14(19)15-7-3-1-2-4-8-15/h12H,1-11H2. The summed E-state index contributed by atoms with van der Waals surface area (Å²) in [5, 5.41) is 0. The van der Waals surface area contributed by atoms with Gasteiger partial charge in [0.2, 0.25) is 5.91 Å². The van der Waals surface area contributed by atoms with Gasteiger partial charge in [0.05, 0.1) is 0 Å². The van der Waals surface area contributed by atoms with Gasteiger partial charge >= 0.3 is 6.03 Å². The number of fused-ring (bicyclic) bond motifs is 1. The molecule has 0 aliphatic carbocycles. The van der Waals surface area contributed by atoms with Crippen LogP contribution in [-0.4, -0.2) is 65.4 Å². The van der Waals surface area contributed by atoms with Gasteiger partial charge < -0.3 is 14.7 Å². The van der Waals surface area contributed by atoms with Gasteiger partial charge in [0.1, 0.15) is 0 Å². The molecule has 3 fully saturated rings. The molecule has 1 atom stereocenters. The molecule has 19 heavy (non-hydrogen) atoms. The zero-order chi connectivity index (χ0) is 13.2. The smallest absolute Gasteiger partial charge is 0.320 e. The third-order valence-electron chi connectivity index (χ3n) is 4.64. The first-order valence-electron chi connectivity index (χ1n) is 7.59. The molecule has 5 nitrogen and oxygen atoms in total. The van der Waals surface area contributed by atoms with Crippen LogP contribution in [0.2, 0.25) is 0 Å². The maximum Gasteiger partial charge on any atom is 0.320 e. The highest BCUT2D eigenvalue weighted by molar-refractivity contribution is 5.80. The first kappa shape index (κ1) is 12.8. The topological polar surface area (TPSA) is 43.9 Å². The molecular weight excluding hydrogens is 242 g/mol. The van der Waals surface area contributed by atoms with E-state index in [1.54, 1.807) is 0 Å². The molecule has 0 N–H and O–H groups in total. The van der Waals surface area contributed by atoms with Gasteiger partial charge in [0, 0.05) is 45.2 Å². The summed E-state index contributed by atoms with van der Waals surface area (Å²) in [6.07, 6.45) is 6.34. The number of hydrogen-bond donors (Lipinski definition) is 0. The Morgan fingerprint density at radius 1 is 0.947 bits per heavy atom. The number of urea groups is 1. The Hall–Kier alpha value is -1.26. The lowest BCUT2D eigenvalue weighted by atomic mass is 10.1. The molecule has 3 saturated heterocycles. The molecule has 3 rings (SSSR count). The fourth-order valence-electron chi connectivity index (χ4n) is 3.50. The predicted molar refractivity (Wildman–Crippen MR) is 71.7 cm³/mol. The van der Waals surface area contributed by atoms with Crippen LogP contribution in [-0.2, 0) is 4.79 Å². The Morgan fingerprint density at radius 3 is 2.42 bits per heavy atom. The molecule has 0 aromatic rings. The molecule has 0 bridgehead atoms. The van der Waals surface area contributed by atoms with E-state index in [0.29, 0.717) is 13.0 Å². The molecule has 0 aromatic carbocycles. The third-order valence-corrected chi connectivity index (χ3v) is 4.64. The molecule has 0 spiro atoms.